The van der Waals surface area contributed by atoms with Crippen LogP contribution in [0.25, 0.3) is 0 Å². The minimum absolute atomic E-state index is 0.0400. The number of nitrogens with zero attached hydrogens (tertiary/aromatic N) is 2. The first-order valence-electron chi connectivity index (χ1n) is 6.46. The first-order chi connectivity index (χ1) is 9.22. The van der Waals surface area contributed by atoms with Gasteiger partial charge in [0.2, 0.25) is 0 Å². The van der Waals surface area contributed by atoms with Gasteiger partial charge in [0.15, 0.2) is 0 Å². The Balaban J connectivity index is 2.01. The number of nitrogen functional groups attached to an aromatic ring is 1. The number of nitrogens with two attached hydrogens (primary N) is 1. The second kappa shape index (κ2) is 6.49. The van der Waals surface area contributed by atoms with Crippen LogP contribution in [0.1, 0.15) is 23.2 Å². The van der Waals surface area contributed by atoms with Crippen molar-refractivity contribution < 1.29 is 9.53 Å². The van der Waals surface area contributed by atoms with Crippen LogP contribution in [-0.4, -0.2) is 42.6 Å². The van der Waals surface area contributed by atoms with Crippen molar-refractivity contribution in [1.82, 2.24) is 9.88 Å². The molecule has 1 aliphatic heterocycles. The first-order valence-corrected chi connectivity index (χ1v) is 6.46. The summed E-state index contributed by atoms with van der Waals surface area (Å²) in [6.45, 7) is 2.32. The number of hydrogen-bond acceptors (Lipinski definition) is 5. The lowest BCUT2D eigenvalue weighted by Crippen LogP contribution is -2.34. The van der Waals surface area contributed by atoms with Crippen molar-refractivity contribution in [2.75, 3.05) is 32.2 Å². The average Bonchev–Trinajstić information content (AvgIpc) is 2.47. The van der Waals surface area contributed by atoms with Gasteiger partial charge < -0.3 is 15.1 Å². The van der Waals surface area contributed by atoms with Crippen molar-refractivity contribution in [2.45, 2.75) is 12.8 Å². The molecule has 0 radical (unpaired) electrons. The molecular weight excluding hydrogens is 244 g/mol. The Morgan fingerprint density at radius 1 is 1.58 bits per heavy atom. The summed E-state index contributed by atoms with van der Waals surface area (Å²) in [5.41, 5.74) is 3.60. The monoisotopic (exact) mass is 264 g/mol. The van der Waals surface area contributed by atoms with Gasteiger partial charge in [0, 0.05) is 33.0 Å². The lowest BCUT2D eigenvalue weighted by Gasteiger charge is -2.27. The topological polar surface area (TPSA) is 80.5 Å². The lowest BCUT2D eigenvalue weighted by atomic mass is 9.99. The largest absolute Gasteiger partial charge is 0.381 e. The van der Waals surface area contributed by atoms with Crippen LogP contribution in [0.5, 0.6) is 0 Å². The Bertz CT molecular complexity index is 432. The van der Waals surface area contributed by atoms with Crippen LogP contribution in [0.15, 0.2) is 18.5 Å². The molecule has 0 aromatic carbocycles. The molecule has 19 heavy (non-hydrogen) atoms. The van der Waals surface area contributed by atoms with Crippen LogP contribution in [0.4, 0.5) is 5.69 Å². The van der Waals surface area contributed by atoms with Crippen LogP contribution in [0.3, 0.4) is 0 Å². The highest BCUT2D eigenvalue weighted by Gasteiger charge is 2.20. The third-order valence-electron chi connectivity index (χ3n) is 3.43. The van der Waals surface area contributed by atoms with Gasteiger partial charge in [-0.3, -0.25) is 15.6 Å². The van der Waals surface area contributed by atoms with E-state index in [4.69, 9.17) is 10.6 Å². The number of hydrogen-bond donors (Lipinski definition) is 2. The standard InChI is InChI=1S/C13H20N4O2/c1-17(9-10-3-6-19-7-4-10)13(18)11-2-5-15-8-12(11)16-14/h2,5,8,10,16H,3-4,6-7,9,14H2,1H3. The van der Waals surface area contributed by atoms with Crippen LogP contribution >= 0.6 is 0 Å². The molecule has 0 atom stereocenters. The molecule has 104 valence electrons. The molecule has 1 amide bonds. The summed E-state index contributed by atoms with van der Waals surface area (Å²) in [6, 6.07) is 1.68. The lowest BCUT2D eigenvalue weighted by molar-refractivity contribution is 0.0497. The number of aromatic nitrogens is 1. The third-order valence-corrected chi connectivity index (χ3v) is 3.43. The number of anilines is 1. The summed E-state index contributed by atoms with van der Waals surface area (Å²) < 4.78 is 5.32. The Labute approximate surface area is 112 Å². The SMILES string of the molecule is CN(CC1CCOCC1)C(=O)c1ccncc1NN. The Morgan fingerprint density at radius 2 is 2.32 bits per heavy atom. The van der Waals surface area contributed by atoms with Gasteiger partial charge >= 0.3 is 0 Å². The van der Waals surface area contributed by atoms with E-state index < -0.39 is 0 Å². The molecule has 0 unspecified atom stereocenters. The van der Waals surface area contributed by atoms with E-state index in [2.05, 4.69) is 10.4 Å². The van der Waals surface area contributed by atoms with Crippen LogP contribution < -0.4 is 11.3 Å². The van der Waals surface area contributed by atoms with E-state index in [0.29, 0.717) is 17.2 Å². The number of pyridine rings is 1. The highest BCUT2D eigenvalue weighted by molar-refractivity contribution is 5.99. The van der Waals surface area contributed by atoms with Crippen molar-refractivity contribution in [3.8, 4) is 0 Å². The van der Waals surface area contributed by atoms with Crippen LogP contribution in [0, 0.1) is 5.92 Å². The Hall–Kier alpha value is -1.66. The van der Waals surface area contributed by atoms with Gasteiger partial charge in [-0.15, -0.1) is 0 Å². The smallest absolute Gasteiger partial charge is 0.255 e. The molecule has 6 nitrogen and oxygen atoms in total. The highest BCUT2D eigenvalue weighted by atomic mass is 16.5. The second-order valence-electron chi connectivity index (χ2n) is 4.81. The highest BCUT2D eigenvalue weighted by Crippen LogP contribution is 2.18. The van der Waals surface area contributed by atoms with Gasteiger partial charge in [-0.25, -0.2) is 0 Å². The van der Waals surface area contributed by atoms with E-state index in [9.17, 15) is 4.79 Å². The van der Waals surface area contributed by atoms with Crippen molar-refractivity contribution in [2.24, 2.45) is 11.8 Å². The van der Waals surface area contributed by atoms with E-state index in [0.717, 1.165) is 32.6 Å². The molecule has 1 aliphatic rings. The molecule has 0 spiro atoms. The van der Waals surface area contributed by atoms with E-state index in [1.807, 2.05) is 7.05 Å². The quantitative estimate of drug-likeness (QED) is 0.623. The van der Waals surface area contributed by atoms with Gasteiger partial charge in [0.25, 0.3) is 5.91 Å². The normalized spacial score (nSPS) is 16.1. The predicted molar refractivity (Wildman–Crippen MR) is 72.6 cm³/mol. The fraction of sp³-hybridized carbons (Fsp3) is 0.538. The number of carbonyl (C=O) groups excluding carboxylic acids is 1. The fourth-order valence-electron chi connectivity index (χ4n) is 2.30. The first kappa shape index (κ1) is 13.8. The van der Waals surface area contributed by atoms with Crippen molar-refractivity contribution in [3.05, 3.63) is 24.0 Å². The number of hydrazine groups is 1. The minimum Gasteiger partial charge on any atom is -0.381 e. The van der Waals surface area contributed by atoms with Gasteiger partial charge in [0.1, 0.15) is 0 Å². The van der Waals surface area contributed by atoms with Crippen LogP contribution in [-0.2, 0) is 4.74 Å². The zero-order valence-electron chi connectivity index (χ0n) is 11.1. The van der Waals surface area contributed by atoms with Gasteiger partial charge in [-0.2, -0.15) is 0 Å². The maximum Gasteiger partial charge on any atom is 0.255 e. The molecule has 2 rings (SSSR count). The molecule has 1 saturated heterocycles. The summed E-state index contributed by atoms with van der Waals surface area (Å²) in [5.74, 6) is 5.87. The molecule has 1 fully saturated rings. The molecule has 1 aromatic rings. The zero-order valence-corrected chi connectivity index (χ0v) is 11.1. The number of ether oxygens (including phenoxy) is 1. The summed E-state index contributed by atoms with van der Waals surface area (Å²) in [7, 11) is 1.82. The Morgan fingerprint density at radius 3 is 3.00 bits per heavy atom. The summed E-state index contributed by atoms with van der Waals surface area (Å²) in [4.78, 5) is 18.1. The second-order valence-corrected chi connectivity index (χ2v) is 4.81. The fourth-order valence-corrected chi connectivity index (χ4v) is 2.30. The number of nitrogens with one attached hydrogen (secondary N) is 1. The molecular formula is C13H20N4O2. The van der Waals surface area contributed by atoms with E-state index in [-0.39, 0.29) is 5.91 Å². The van der Waals surface area contributed by atoms with E-state index in [1.54, 1.807) is 23.4 Å². The van der Waals surface area contributed by atoms with Crippen LogP contribution in [0.2, 0.25) is 0 Å². The number of carbonyl (C=O) groups is 1. The Kier molecular flexibility index (Phi) is 4.70. The average molecular weight is 264 g/mol. The molecule has 1 aromatic heterocycles. The molecule has 2 heterocycles. The third kappa shape index (κ3) is 3.42. The van der Waals surface area contributed by atoms with Crippen molar-refractivity contribution >= 4 is 11.6 Å². The van der Waals surface area contributed by atoms with Crippen molar-refractivity contribution in [3.63, 3.8) is 0 Å². The summed E-state index contributed by atoms with van der Waals surface area (Å²) in [6.07, 6.45) is 5.16. The number of amides is 1. The molecule has 0 bridgehead atoms. The summed E-state index contributed by atoms with van der Waals surface area (Å²) >= 11 is 0. The maximum atomic E-state index is 12.4. The van der Waals surface area contributed by atoms with Gasteiger partial charge in [0.05, 0.1) is 17.4 Å². The van der Waals surface area contributed by atoms with Gasteiger partial charge in [-0.1, -0.05) is 0 Å². The minimum atomic E-state index is -0.0400. The van der Waals surface area contributed by atoms with E-state index in [1.165, 1.54) is 0 Å². The van der Waals surface area contributed by atoms with Gasteiger partial charge in [-0.05, 0) is 24.8 Å². The molecule has 6 heteroatoms. The summed E-state index contributed by atoms with van der Waals surface area (Å²) in [5, 5.41) is 0. The zero-order chi connectivity index (χ0) is 13.7. The molecule has 0 aliphatic carbocycles. The van der Waals surface area contributed by atoms with Crippen molar-refractivity contribution in [1.29, 1.82) is 0 Å². The molecule has 0 saturated carbocycles. The predicted octanol–water partition coefficient (Wildman–Crippen LogP) is 0.866. The molecule has 3 N–H and O–H groups in total. The maximum absolute atomic E-state index is 12.4. The number of rotatable bonds is 4. The van der Waals surface area contributed by atoms with E-state index >= 15 is 0 Å².